The third-order valence-electron chi connectivity index (χ3n) is 7.19. The molecule has 224 valence electrons. The van der Waals surface area contributed by atoms with Crippen LogP contribution in [0.2, 0.25) is 0 Å². The molecule has 0 fully saturated rings. The summed E-state index contributed by atoms with van der Waals surface area (Å²) in [6, 6.07) is 4.61. The first-order chi connectivity index (χ1) is 18.5. The Morgan fingerprint density at radius 3 is 2.31 bits per heavy atom. The molecule has 4 atom stereocenters. The summed E-state index contributed by atoms with van der Waals surface area (Å²) < 4.78 is 16.2. The number of benzene rings is 1. The van der Waals surface area contributed by atoms with Gasteiger partial charge in [0.1, 0.15) is 11.5 Å². The van der Waals surface area contributed by atoms with Gasteiger partial charge in [-0.2, -0.15) is 0 Å². The lowest BCUT2D eigenvalue weighted by Gasteiger charge is -2.30. The molecule has 0 spiro atoms. The summed E-state index contributed by atoms with van der Waals surface area (Å²) in [7, 11) is 3.20. The van der Waals surface area contributed by atoms with E-state index in [1.807, 2.05) is 13.8 Å². The van der Waals surface area contributed by atoms with Gasteiger partial charge in [0.25, 0.3) is 5.91 Å². The fourth-order valence-electron chi connectivity index (χ4n) is 4.38. The van der Waals surface area contributed by atoms with Gasteiger partial charge in [-0.1, -0.05) is 41.0 Å². The second-order valence-corrected chi connectivity index (χ2v) is 11.0. The predicted octanol–water partition coefficient (Wildman–Crippen LogP) is 3.77. The quantitative estimate of drug-likeness (QED) is 0.181. The number of methoxy groups -OCH3 is 2. The fourth-order valence-corrected chi connectivity index (χ4v) is 4.38. The lowest BCUT2D eigenvalue weighted by Crippen LogP contribution is -2.44. The first-order valence-electron chi connectivity index (χ1n) is 14.3. The van der Waals surface area contributed by atoms with Gasteiger partial charge in [0.15, 0.2) is 0 Å². The van der Waals surface area contributed by atoms with Crippen molar-refractivity contribution in [2.45, 2.75) is 78.9 Å². The zero-order valence-electron chi connectivity index (χ0n) is 25.1. The largest absolute Gasteiger partial charge is 0.497 e. The Labute approximate surface area is 235 Å². The van der Waals surface area contributed by atoms with E-state index < -0.39 is 12.1 Å². The molecule has 0 aliphatic carbocycles. The second kappa shape index (κ2) is 18.8. The lowest BCUT2D eigenvalue weighted by atomic mass is 9.83. The van der Waals surface area contributed by atoms with Crippen LogP contribution in [0.4, 0.5) is 0 Å². The SMILES string of the molecule is CCCCNC(=O)[C@H](C[C@H](O)[C@@H](N)C[C@H](CNC(=O)c1ccc(OC)cc1OCCCOC)C(C)C)C(C)C. The smallest absolute Gasteiger partial charge is 0.255 e. The summed E-state index contributed by atoms with van der Waals surface area (Å²) in [5.41, 5.74) is 6.87. The normalized spacial score (nSPS) is 14.5. The minimum absolute atomic E-state index is 0.0305. The Morgan fingerprint density at radius 1 is 1.00 bits per heavy atom. The van der Waals surface area contributed by atoms with E-state index in [0.29, 0.717) is 62.6 Å². The maximum Gasteiger partial charge on any atom is 0.255 e. The van der Waals surface area contributed by atoms with Gasteiger partial charge in [-0.15, -0.1) is 0 Å². The van der Waals surface area contributed by atoms with Gasteiger partial charge in [0.05, 0.1) is 25.4 Å². The minimum atomic E-state index is -0.819. The summed E-state index contributed by atoms with van der Waals surface area (Å²) in [5.74, 6) is 0.822. The molecule has 1 rings (SSSR count). The van der Waals surface area contributed by atoms with E-state index in [4.69, 9.17) is 19.9 Å². The number of ether oxygens (including phenoxy) is 3. The van der Waals surface area contributed by atoms with Crippen molar-refractivity contribution in [2.24, 2.45) is 29.4 Å². The van der Waals surface area contributed by atoms with E-state index in [2.05, 4.69) is 31.4 Å². The first-order valence-corrected chi connectivity index (χ1v) is 14.3. The number of aliphatic hydroxyl groups is 1. The number of nitrogens with one attached hydrogen (secondary N) is 2. The molecule has 0 aliphatic heterocycles. The Bertz CT molecular complexity index is 848. The molecule has 0 bridgehead atoms. The van der Waals surface area contributed by atoms with Gasteiger partial charge in [-0.3, -0.25) is 9.59 Å². The Hall–Kier alpha value is -2.36. The molecule has 0 aliphatic rings. The predicted molar refractivity (Wildman–Crippen MR) is 155 cm³/mol. The van der Waals surface area contributed by atoms with Crippen molar-refractivity contribution in [2.75, 3.05) is 40.5 Å². The van der Waals surface area contributed by atoms with Crippen LogP contribution in [-0.2, 0) is 9.53 Å². The highest BCUT2D eigenvalue weighted by Crippen LogP contribution is 2.26. The van der Waals surface area contributed by atoms with Crippen molar-refractivity contribution in [3.05, 3.63) is 23.8 Å². The molecule has 0 saturated heterocycles. The van der Waals surface area contributed by atoms with Crippen molar-refractivity contribution in [3.8, 4) is 11.5 Å². The number of carbonyl (C=O) groups is 2. The van der Waals surface area contributed by atoms with Crippen LogP contribution in [0.1, 0.15) is 77.1 Å². The summed E-state index contributed by atoms with van der Waals surface area (Å²) in [6.07, 6.45) is 2.64. The average Bonchev–Trinajstić information content (AvgIpc) is 2.91. The van der Waals surface area contributed by atoms with Gasteiger partial charge in [-0.05, 0) is 49.1 Å². The monoisotopic (exact) mass is 551 g/mol. The summed E-state index contributed by atoms with van der Waals surface area (Å²) in [5, 5.41) is 16.9. The van der Waals surface area contributed by atoms with Crippen LogP contribution < -0.4 is 25.8 Å². The summed E-state index contributed by atoms with van der Waals surface area (Å²) >= 11 is 0. The van der Waals surface area contributed by atoms with Crippen molar-refractivity contribution in [1.82, 2.24) is 10.6 Å². The van der Waals surface area contributed by atoms with E-state index in [9.17, 15) is 14.7 Å². The Kier molecular flexibility index (Phi) is 16.7. The molecule has 1 aromatic carbocycles. The van der Waals surface area contributed by atoms with E-state index >= 15 is 0 Å². The molecule has 5 N–H and O–H groups in total. The number of aliphatic hydroxyl groups excluding tert-OH is 1. The lowest BCUT2D eigenvalue weighted by molar-refractivity contribution is -0.127. The van der Waals surface area contributed by atoms with Crippen LogP contribution in [0.3, 0.4) is 0 Å². The number of amides is 2. The molecule has 0 aromatic heterocycles. The topological polar surface area (TPSA) is 132 Å². The van der Waals surface area contributed by atoms with Gasteiger partial charge < -0.3 is 35.7 Å². The van der Waals surface area contributed by atoms with Crippen molar-refractivity contribution < 1.29 is 28.9 Å². The van der Waals surface area contributed by atoms with Crippen molar-refractivity contribution >= 4 is 11.8 Å². The highest BCUT2D eigenvalue weighted by Gasteiger charge is 2.29. The van der Waals surface area contributed by atoms with Gasteiger partial charge >= 0.3 is 0 Å². The van der Waals surface area contributed by atoms with Gasteiger partial charge in [-0.25, -0.2) is 0 Å². The molecule has 0 saturated carbocycles. The number of hydrogen-bond acceptors (Lipinski definition) is 7. The number of rotatable bonds is 20. The number of carbonyl (C=O) groups excluding carboxylic acids is 2. The molecule has 9 heteroatoms. The van der Waals surface area contributed by atoms with Crippen LogP contribution >= 0.6 is 0 Å². The molecular formula is C30H53N3O6. The zero-order chi connectivity index (χ0) is 29.4. The van der Waals surface area contributed by atoms with Crippen LogP contribution in [0.15, 0.2) is 18.2 Å². The van der Waals surface area contributed by atoms with Crippen molar-refractivity contribution in [3.63, 3.8) is 0 Å². The van der Waals surface area contributed by atoms with Crippen LogP contribution in [0.25, 0.3) is 0 Å². The van der Waals surface area contributed by atoms with E-state index in [1.165, 1.54) is 0 Å². The zero-order valence-corrected chi connectivity index (χ0v) is 25.1. The van der Waals surface area contributed by atoms with Gasteiger partial charge in [0.2, 0.25) is 5.91 Å². The fraction of sp³-hybridized carbons (Fsp3) is 0.733. The first kappa shape index (κ1) is 34.7. The highest BCUT2D eigenvalue weighted by molar-refractivity contribution is 5.97. The maximum atomic E-state index is 13.1. The molecule has 0 heterocycles. The second-order valence-electron chi connectivity index (χ2n) is 11.0. The van der Waals surface area contributed by atoms with E-state index in [0.717, 1.165) is 12.8 Å². The van der Waals surface area contributed by atoms with Crippen LogP contribution in [0.5, 0.6) is 11.5 Å². The Balaban J connectivity index is 2.80. The molecule has 39 heavy (non-hydrogen) atoms. The molecular weight excluding hydrogens is 498 g/mol. The van der Waals surface area contributed by atoms with Crippen LogP contribution in [-0.4, -0.2) is 69.6 Å². The molecule has 9 nitrogen and oxygen atoms in total. The Morgan fingerprint density at radius 2 is 1.72 bits per heavy atom. The van der Waals surface area contributed by atoms with E-state index in [-0.39, 0.29) is 35.5 Å². The number of hydrogen-bond donors (Lipinski definition) is 4. The molecule has 2 amide bonds. The molecule has 1 aromatic rings. The van der Waals surface area contributed by atoms with Gasteiger partial charge in [0, 0.05) is 51.3 Å². The van der Waals surface area contributed by atoms with Crippen LogP contribution in [0, 0.1) is 23.7 Å². The third kappa shape index (κ3) is 12.6. The number of nitrogens with two attached hydrogens (primary N) is 1. The maximum absolute atomic E-state index is 13.1. The highest BCUT2D eigenvalue weighted by atomic mass is 16.5. The summed E-state index contributed by atoms with van der Waals surface area (Å²) in [4.78, 5) is 25.8. The standard InChI is InChI=1S/C30H53N3O6/c1-8-9-13-32-30(36)25(21(4)5)18-27(34)26(31)16-22(20(2)3)19-33-29(35)24-12-11-23(38-7)17-28(24)39-15-10-14-37-6/h11-12,17,20-22,25-27,34H,8-10,13-16,18-19,31H2,1-7H3,(H,32,36)(H,33,35)/t22-,25-,26+,27+/m1/s1. The number of unbranched alkanes of at least 4 members (excludes halogenated alkanes) is 1. The minimum Gasteiger partial charge on any atom is -0.497 e. The third-order valence-corrected chi connectivity index (χ3v) is 7.19. The molecule has 0 radical (unpaired) electrons. The van der Waals surface area contributed by atoms with E-state index in [1.54, 1.807) is 32.4 Å². The average molecular weight is 552 g/mol. The molecule has 0 unspecified atom stereocenters. The summed E-state index contributed by atoms with van der Waals surface area (Å²) in [6.45, 7) is 12.2. The van der Waals surface area contributed by atoms with Crippen molar-refractivity contribution in [1.29, 1.82) is 0 Å².